The number of fused-ring (bicyclic) bond motifs is 4. The molecule has 6 rings (SSSR count). The number of hydrogen-bond acceptors (Lipinski definition) is 1. The van der Waals surface area contributed by atoms with Crippen LogP contribution in [0, 0.1) is 0 Å². The Balaban J connectivity index is 1.71. The molecule has 4 aromatic carbocycles. The van der Waals surface area contributed by atoms with E-state index in [4.69, 9.17) is 0 Å². The summed E-state index contributed by atoms with van der Waals surface area (Å²) in [6.07, 6.45) is 3.90. The van der Waals surface area contributed by atoms with E-state index in [0.717, 1.165) is 10.9 Å². The standard InChI is InChI=1S/C27H18N2/c1-2-9-21(10-3-1)29-26-13-7-6-12-23(26)24-15-14-19(16-27(24)29)25-18-28-17-20-8-4-5-11-22(20)25/h1-18H. The smallest absolute Gasteiger partial charge is 0.0547 e. The van der Waals surface area contributed by atoms with E-state index in [1.54, 1.807) is 0 Å². The van der Waals surface area contributed by atoms with Gasteiger partial charge in [0.25, 0.3) is 0 Å². The highest BCUT2D eigenvalue weighted by Crippen LogP contribution is 2.36. The minimum atomic E-state index is 1.16. The Kier molecular flexibility index (Phi) is 3.50. The molecule has 2 heterocycles. The van der Waals surface area contributed by atoms with E-state index < -0.39 is 0 Å². The van der Waals surface area contributed by atoms with Crippen LogP contribution < -0.4 is 0 Å². The van der Waals surface area contributed by atoms with Crippen LogP contribution in [0.1, 0.15) is 0 Å². The molecule has 6 aromatic rings. The van der Waals surface area contributed by atoms with E-state index in [0.29, 0.717) is 0 Å². The van der Waals surface area contributed by atoms with Gasteiger partial charge in [0.1, 0.15) is 0 Å². The monoisotopic (exact) mass is 370 g/mol. The van der Waals surface area contributed by atoms with Gasteiger partial charge in [0.2, 0.25) is 0 Å². The molecular weight excluding hydrogens is 352 g/mol. The van der Waals surface area contributed by atoms with Crippen LogP contribution in [0.4, 0.5) is 0 Å². The number of rotatable bonds is 2. The zero-order valence-corrected chi connectivity index (χ0v) is 15.8. The molecular formula is C27H18N2. The third kappa shape index (κ3) is 2.46. The Labute approximate surface area is 168 Å². The first-order valence-electron chi connectivity index (χ1n) is 9.82. The topological polar surface area (TPSA) is 17.8 Å². The summed E-state index contributed by atoms with van der Waals surface area (Å²) >= 11 is 0. The van der Waals surface area contributed by atoms with Gasteiger partial charge in [0.15, 0.2) is 0 Å². The Morgan fingerprint density at radius 2 is 1.28 bits per heavy atom. The van der Waals surface area contributed by atoms with Gasteiger partial charge in [0.05, 0.1) is 11.0 Å². The molecule has 0 aliphatic rings. The first kappa shape index (κ1) is 16.1. The van der Waals surface area contributed by atoms with Gasteiger partial charge >= 0.3 is 0 Å². The molecule has 0 radical (unpaired) electrons. The zero-order valence-electron chi connectivity index (χ0n) is 15.8. The van der Waals surface area contributed by atoms with Crippen LogP contribution >= 0.6 is 0 Å². The van der Waals surface area contributed by atoms with Crippen LogP contribution in [0.2, 0.25) is 0 Å². The zero-order chi connectivity index (χ0) is 19.2. The van der Waals surface area contributed by atoms with Crippen molar-refractivity contribution in [3.63, 3.8) is 0 Å². The third-order valence-electron chi connectivity index (χ3n) is 5.67. The minimum absolute atomic E-state index is 1.16. The van der Waals surface area contributed by atoms with Crippen molar-refractivity contribution in [2.45, 2.75) is 0 Å². The number of aromatic nitrogens is 2. The van der Waals surface area contributed by atoms with E-state index in [2.05, 4.69) is 107 Å². The van der Waals surface area contributed by atoms with Crippen molar-refractivity contribution < 1.29 is 0 Å². The van der Waals surface area contributed by atoms with Crippen molar-refractivity contribution >= 4 is 32.6 Å². The Bertz CT molecular complexity index is 1490. The van der Waals surface area contributed by atoms with Gasteiger partial charge < -0.3 is 4.57 Å². The summed E-state index contributed by atoms with van der Waals surface area (Å²) in [5.74, 6) is 0. The number of benzene rings is 4. The second kappa shape index (κ2) is 6.32. The largest absolute Gasteiger partial charge is 0.309 e. The summed E-state index contributed by atoms with van der Waals surface area (Å²) in [5.41, 5.74) is 5.95. The summed E-state index contributed by atoms with van der Waals surface area (Å²) in [6.45, 7) is 0. The van der Waals surface area contributed by atoms with Gasteiger partial charge in [-0.2, -0.15) is 0 Å². The minimum Gasteiger partial charge on any atom is -0.309 e. The van der Waals surface area contributed by atoms with Crippen molar-refractivity contribution in [1.82, 2.24) is 9.55 Å². The quantitative estimate of drug-likeness (QED) is 0.321. The van der Waals surface area contributed by atoms with Crippen LogP contribution in [-0.2, 0) is 0 Å². The fraction of sp³-hybridized carbons (Fsp3) is 0. The highest BCUT2D eigenvalue weighted by Gasteiger charge is 2.13. The van der Waals surface area contributed by atoms with Crippen molar-refractivity contribution in [2.75, 3.05) is 0 Å². The molecule has 0 atom stereocenters. The third-order valence-corrected chi connectivity index (χ3v) is 5.67. The molecule has 0 amide bonds. The van der Waals surface area contributed by atoms with Gasteiger partial charge in [-0.05, 0) is 35.2 Å². The van der Waals surface area contributed by atoms with Crippen LogP contribution in [-0.4, -0.2) is 9.55 Å². The number of para-hydroxylation sites is 2. The second-order valence-electron chi connectivity index (χ2n) is 7.33. The molecule has 0 saturated heterocycles. The van der Waals surface area contributed by atoms with Gasteiger partial charge in [-0.1, -0.05) is 72.8 Å². The Morgan fingerprint density at radius 3 is 2.17 bits per heavy atom. The fourth-order valence-electron chi connectivity index (χ4n) is 4.34. The van der Waals surface area contributed by atoms with Crippen molar-refractivity contribution in [2.24, 2.45) is 0 Å². The lowest BCUT2D eigenvalue weighted by Gasteiger charge is -2.10. The van der Waals surface area contributed by atoms with E-state index >= 15 is 0 Å². The summed E-state index contributed by atoms with van der Waals surface area (Å²) in [6, 6.07) is 34.4. The average molecular weight is 370 g/mol. The first-order valence-corrected chi connectivity index (χ1v) is 9.82. The predicted molar refractivity (Wildman–Crippen MR) is 122 cm³/mol. The van der Waals surface area contributed by atoms with Gasteiger partial charge in [-0.15, -0.1) is 0 Å². The molecule has 0 bridgehead atoms. The van der Waals surface area contributed by atoms with Gasteiger partial charge in [-0.3, -0.25) is 4.98 Å². The number of nitrogens with zero attached hydrogens (tertiary/aromatic N) is 2. The Hall–Kier alpha value is -3.91. The molecule has 136 valence electrons. The maximum absolute atomic E-state index is 4.49. The maximum Gasteiger partial charge on any atom is 0.0547 e. The van der Waals surface area contributed by atoms with Crippen LogP contribution in [0.5, 0.6) is 0 Å². The van der Waals surface area contributed by atoms with Gasteiger partial charge in [0, 0.05) is 39.8 Å². The molecule has 0 fully saturated rings. The Morgan fingerprint density at radius 1 is 0.552 bits per heavy atom. The normalized spacial score (nSPS) is 11.4. The van der Waals surface area contributed by atoms with Crippen LogP contribution in [0.3, 0.4) is 0 Å². The highest BCUT2D eigenvalue weighted by molar-refractivity contribution is 6.10. The summed E-state index contributed by atoms with van der Waals surface area (Å²) in [5, 5.41) is 4.92. The van der Waals surface area contributed by atoms with E-state index in [1.165, 1.54) is 38.4 Å². The lowest BCUT2D eigenvalue weighted by Crippen LogP contribution is -1.93. The molecule has 0 spiro atoms. The molecule has 0 aliphatic heterocycles. The average Bonchev–Trinajstić information content (AvgIpc) is 3.13. The molecule has 2 nitrogen and oxygen atoms in total. The second-order valence-corrected chi connectivity index (χ2v) is 7.33. The van der Waals surface area contributed by atoms with Gasteiger partial charge in [-0.25, -0.2) is 0 Å². The summed E-state index contributed by atoms with van der Waals surface area (Å²) in [7, 11) is 0. The summed E-state index contributed by atoms with van der Waals surface area (Å²) in [4.78, 5) is 4.49. The summed E-state index contributed by atoms with van der Waals surface area (Å²) < 4.78 is 2.35. The van der Waals surface area contributed by atoms with Crippen molar-refractivity contribution in [3.05, 3.63) is 109 Å². The molecule has 0 aliphatic carbocycles. The molecule has 0 saturated carbocycles. The first-order chi connectivity index (χ1) is 14.4. The number of hydrogen-bond donors (Lipinski definition) is 0. The molecule has 2 aromatic heterocycles. The molecule has 0 N–H and O–H groups in total. The molecule has 0 unspecified atom stereocenters. The maximum atomic E-state index is 4.49. The predicted octanol–water partition coefficient (Wildman–Crippen LogP) is 7.00. The van der Waals surface area contributed by atoms with Crippen molar-refractivity contribution in [3.8, 4) is 16.8 Å². The van der Waals surface area contributed by atoms with E-state index in [-0.39, 0.29) is 0 Å². The molecule has 29 heavy (non-hydrogen) atoms. The fourth-order valence-corrected chi connectivity index (χ4v) is 4.34. The highest BCUT2D eigenvalue weighted by atomic mass is 15.0. The van der Waals surface area contributed by atoms with Crippen molar-refractivity contribution in [1.29, 1.82) is 0 Å². The number of pyridine rings is 1. The van der Waals surface area contributed by atoms with E-state index in [9.17, 15) is 0 Å². The lowest BCUT2D eigenvalue weighted by atomic mass is 10.00. The van der Waals surface area contributed by atoms with Crippen LogP contribution in [0.15, 0.2) is 109 Å². The van der Waals surface area contributed by atoms with Crippen LogP contribution in [0.25, 0.3) is 49.4 Å². The SMILES string of the molecule is c1ccc(-n2c3ccccc3c3ccc(-c4cncc5ccccc45)cc32)cc1. The van der Waals surface area contributed by atoms with E-state index in [1.807, 2.05) is 12.4 Å². The lowest BCUT2D eigenvalue weighted by molar-refractivity contribution is 1.18. The molecule has 2 heteroatoms.